The van der Waals surface area contributed by atoms with E-state index in [2.05, 4.69) is 30.0 Å². The average Bonchev–Trinajstić information content (AvgIpc) is 3.15. The largest absolute Gasteiger partial charge is 0.381 e. The highest BCUT2D eigenvalue weighted by Gasteiger charge is 2.36. The Balaban J connectivity index is 1.92. The number of aryl methyl sites for hydroxylation is 1. The number of hydrogen-bond acceptors (Lipinski definition) is 4. The second-order valence-electron chi connectivity index (χ2n) is 8.08. The van der Waals surface area contributed by atoms with Gasteiger partial charge in [-0.1, -0.05) is 35.9 Å². The number of benzene rings is 2. The van der Waals surface area contributed by atoms with Gasteiger partial charge in [0.1, 0.15) is 11.7 Å². The van der Waals surface area contributed by atoms with Gasteiger partial charge in [0.15, 0.2) is 0 Å². The van der Waals surface area contributed by atoms with E-state index in [-0.39, 0.29) is 11.9 Å². The summed E-state index contributed by atoms with van der Waals surface area (Å²) < 4.78 is 0. The molecule has 0 radical (unpaired) electrons. The Morgan fingerprint density at radius 3 is 2.69 bits per heavy atom. The second-order valence-corrected chi connectivity index (χ2v) is 8.49. The summed E-state index contributed by atoms with van der Waals surface area (Å²) in [4.78, 5) is 16.5. The predicted octanol–water partition coefficient (Wildman–Crippen LogP) is 3.90. The molecule has 1 aliphatic heterocycles. The van der Waals surface area contributed by atoms with E-state index in [1.807, 2.05) is 24.3 Å². The van der Waals surface area contributed by atoms with E-state index in [1.165, 1.54) is 25.0 Å². The van der Waals surface area contributed by atoms with Crippen LogP contribution in [0.4, 0.5) is 5.69 Å². The number of likely N-dealkylation sites (tertiary alicyclic amines) is 1. The predicted molar refractivity (Wildman–Crippen MR) is 115 cm³/mol. The van der Waals surface area contributed by atoms with Crippen LogP contribution in [0.25, 0.3) is 0 Å². The molecule has 2 aromatic rings. The molecule has 1 atom stereocenters. The van der Waals surface area contributed by atoms with E-state index < -0.39 is 5.60 Å². The first-order chi connectivity index (χ1) is 13.7. The van der Waals surface area contributed by atoms with Crippen molar-refractivity contribution in [2.75, 3.05) is 18.0 Å². The fraction of sp³-hybridized carbons (Fsp3) is 0.391. The van der Waals surface area contributed by atoms with Gasteiger partial charge in [0, 0.05) is 31.4 Å². The zero-order chi connectivity index (χ0) is 21.2. The molecule has 0 aliphatic carbocycles. The normalized spacial score (nSPS) is 16.6. The number of amides is 1. The van der Waals surface area contributed by atoms with Crippen LogP contribution in [0.15, 0.2) is 42.5 Å². The van der Waals surface area contributed by atoms with E-state index in [0.717, 1.165) is 12.1 Å². The lowest BCUT2D eigenvalue weighted by atomic mass is 10.1. The van der Waals surface area contributed by atoms with E-state index in [9.17, 15) is 15.2 Å². The summed E-state index contributed by atoms with van der Waals surface area (Å²) in [5.74, 6) is -0.256. The molecule has 6 heteroatoms. The summed E-state index contributed by atoms with van der Waals surface area (Å²) >= 11 is 6.31. The molecule has 1 aliphatic rings. The highest BCUT2D eigenvalue weighted by molar-refractivity contribution is 6.32. The molecule has 1 fully saturated rings. The maximum Gasteiger partial charge on any atom is 0.254 e. The second kappa shape index (κ2) is 8.44. The minimum Gasteiger partial charge on any atom is -0.381 e. The number of rotatable bonds is 5. The van der Waals surface area contributed by atoms with Crippen molar-refractivity contribution in [3.63, 3.8) is 0 Å². The Morgan fingerprint density at radius 1 is 1.34 bits per heavy atom. The zero-order valence-corrected chi connectivity index (χ0v) is 17.8. The lowest BCUT2D eigenvalue weighted by Crippen LogP contribution is -2.46. The molecule has 0 unspecified atom stereocenters. The number of nitrogens with zero attached hydrogens (tertiary/aromatic N) is 3. The van der Waals surface area contributed by atoms with Crippen LogP contribution in [0.5, 0.6) is 0 Å². The van der Waals surface area contributed by atoms with E-state index in [0.29, 0.717) is 30.2 Å². The van der Waals surface area contributed by atoms with E-state index in [4.69, 9.17) is 11.6 Å². The molecule has 1 heterocycles. The van der Waals surface area contributed by atoms with Crippen LogP contribution in [0.1, 0.15) is 37.0 Å². The Kier molecular flexibility index (Phi) is 6.16. The molecule has 3 rings (SSSR count). The molecule has 0 aromatic heterocycles. The maximum absolute atomic E-state index is 12.5. The van der Waals surface area contributed by atoms with Crippen LogP contribution in [0, 0.1) is 18.3 Å². The SMILES string of the molecule is Cc1ccccc1CN(c1ccc(C#N)c(Cl)c1)[C@H]1CCN(C(=O)C(C)(C)O)C1. The number of anilines is 1. The molecule has 5 nitrogen and oxygen atoms in total. The number of nitriles is 1. The van der Waals surface area contributed by atoms with Crippen molar-refractivity contribution in [2.24, 2.45) is 0 Å². The van der Waals surface area contributed by atoms with Gasteiger partial charge < -0.3 is 14.9 Å². The molecule has 2 aromatic carbocycles. The minimum atomic E-state index is -1.38. The zero-order valence-electron chi connectivity index (χ0n) is 17.0. The summed E-state index contributed by atoms with van der Waals surface area (Å²) in [5.41, 5.74) is 2.37. The Labute approximate surface area is 177 Å². The maximum atomic E-state index is 12.5. The first-order valence-electron chi connectivity index (χ1n) is 9.73. The van der Waals surface area contributed by atoms with Crippen molar-refractivity contribution in [1.82, 2.24) is 4.90 Å². The van der Waals surface area contributed by atoms with Crippen LogP contribution in [-0.4, -0.2) is 40.6 Å². The molecule has 1 amide bonds. The van der Waals surface area contributed by atoms with Gasteiger partial charge in [-0.15, -0.1) is 0 Å². The van der Waals surface area contributed by atoms with Gasteiger partial charge in [-0.2, -0.15) is 5.26 Å². The molecule has 29 heavy (non-hydrogen) atoms. The van der Waals surface area contributed by atoms with Gasteiger partial charge in [-0.25, -0.2) is 0 Å². The first-order valence-corrected chi connectivity index (χ1v) is 10.1. The molecule has 152 valence electrons. The molecule has 0 spiro atoms. The van der Waals surface area contributed by atoms with Crippen molar-refractivity contribution in [3.05, 3.63) is 64.2 Å². The molecule has 1 saturated heterocycles. The Morgan fingerprint density at radius 2 is 2.07 bits per heavy atom. The van der Waals surface area contributed by atoms with Gasteiger partial charge in [-0.3, -0.25) is 4.79 Å². The van der Waals surface area contributed by atoms with Crippen LogP contribution < -0.4 is 4.90 Å². The quantitative estimate of drug-likeness (QED) is 0.810. The van der Waals surface area contributed by atoms with E-state index >= 15 is 0 Å². The number of aliphatic hydroxyl groups is 1. The fourth-order valence-corrected chi connectivity index (χ4v) is 3.96. The third-order valence-corrected chi connectivity index (χ3v) is 5.73. The highest BCUT2D eigenvalue weighted by atomic mass is 35.5. The van der Waals surface area contributed by atoms with Crippen LogP contribution in [0.2, 0.25) is 5.02 Å². The fourth-order valence-electron chi connectivity index (χ4n) is 3.74. The Hall–Kier alpha value is -2.55. The summed E-state index contributed by atoms with van der Waals surface area (Å²) in [6, 6.07) is 15.9. The summed E-state index contributed by atoms with van der Waals surface area (Å²) in [6.45, 7) is 6.93. The lowest BCUT2D eigenvalue weighted by Gasteiger charge is -2.33. The molecule has 1 N–H and O–H groups in total. The monoisotopic (exact) mass is 411 g/mol. The standard InChI is InChI=1S/C23H26ClN3O2/c1-16-6-4-5-7-18(16)14-27(19-9-8-17(13-25)21(24)12-19)20-10-11-26(15-20)22(28)23(2,3)29/h4-9,12,20,29H,10-11,14-15H2,1-3H3/t20-/m0/s1. The van der Waals surface area contributed by atoms with Gasteiger partial charge in [-0.05, 0) is 56.5 Å². The smallest absolute Gasteiger partial charge is 0.254 e. The average molecular weight is 412 g/mol. The number of hydrogen-bond donors (Lipinski definition) is 1. The number of halogens is 1. The summed E-state index contributed by atoms with van der Waals surface area (Å²) in [6.07, 6.45) is 0.797. The summed E-state index contributed by atoms with van der Waals surface area (Å²) in [5, 5.41) is 19.7. The van der Waals surface area contributed by atoms with Crippen molar-refractivity contribution in [2.45, 2.75) is 45.4 Å². The summed E-state index contributed by atoms with van der Waals surface area (Å²) in [7, 11) is 0. The van der Waals surface area contributed by atoms with Crippen molar-refractivity contribution < 1.29 is 9.90 Å². The Bertz CT molecular complexity index is 946. The van der Waals surface area contributed by atoms with Crippen molar-refractivity contribution in [1.29, 1.82) is 5.26 Å². The van der Waals surface area contributed by atoms with Crippen LogP contribution >= 0.6 is 11.6 Å². The number of carbonyl (C=O) groups excluding carboxylic acids is 1. The molecular weight excluding hydrogens is 386 g/mol. The van der Waals surface area contributed by atoms with Crippen LogP contribution in [-0.2, 0) is 11.3 Å². The van der Waals surface area contributed by atoms with Gasteiger partial charge in [0.2, 0.25) is 0 Å². The van der Waals surface area contributed by atoms with Gasteiger partial charge in [0.05, 0.1) is 10.6 Å². The van der Waals surface area contributed by atoms with Gasteiger partial charge >= 0.3 is 0 Å². The minimum absolute atomic E-state index is 0.0879. The molecule has 0 saturated carbocycles. The van der Waals surface area contributed by atoms with Crippen LogP contribution in [0.3, 0.4) is 0 Å². The third kappa shape index (κ3) is 4.72. The third-order valence-electron chi connectivity index (χ3n) is 5.42. The van der Waals surface area contributed by atoms with E-state index in [1.54, 1.807) is 11.0 Å². The van der Waals surface area contributed by atoms with Crippen molar-refractivity contribution in [3.8, 4) is 6.07 Å². The number of carbonyl (C=O) groups is 1. The first kappa shape index (κ1) is 21.2. The topological polar surface area (TPSA) is 67.6 Å². The molecule has 0 bridgehead atoms. The lowest BCUT2D eigenvalue weighted by molar-refractivity contribution is -0.146. The molecular formula is C23H26ClN3O2. The van der Waals surface area contributed by atoms with Gasteiger partial charge in [0.25, 0.3) is 5.91 Å². The highest BCUT2D eigenvalue weighted by Crippen LogP contribution is 2.30. The van der Waals surface area contributed by atoms with Crippen molar-refractivity contribution >= 4 is 23.2 Å².